The Morgan fingerprint density at radius 2 is 2.37 bits per heavy atom. The van der Waals surface area contributed by atoms with E-state index in [4.69, 9.17) is 5.11 Å². The van der Waals surface area contributed by atoms with Crippen LogP contribution in [0.5, 0.6) is 0 Å². The molecule has 0 unspecified atom stereocenters. The number of aromatic nitrogens is 2. The van der Waals surface area contributed by atoms with Crippen molar-refractivity contribution in [2.24, 2.45) is 0 Å². The lowest BCUT2D eigenvalue weighted by Gasteiger charge is -2.09. The lowest BCUT2D eigenvalue weighted by molar-refractivity contribution is -0.133. The van der Waals surface area contributed by atoms with Gasteiger partial charge in [0.05, 0.1) is 12.3 Å². The second-order valence-corrected chi connectivity index (χ2v) is 6.44. The summed E-state index contributed by atoms with van der Waals surface area (Å²) in [5.74, 6) is -1.06. The highest BCUT2D eigenvalue weighted by Gasteiger charge is 2.08. The Balaban J connectivity index is 2.23. The van der Waals surface area contributed by atoms with Gasteiger partial charge in [-0.15, -0.1) is 11.3 Å². The number of nitrogens with zero attached hydrogens (tertiary/aromatic N) is 2. The first-order chi connectivity index (χ1) is 9.04. The summed E-state index contributed by atoms with van der Waals surface area (Å²) in [6, 6.07) is 3.35. The van der Waals surface area contributed by atoms with Crippen LogP contribution in [0.4, 0.5) is 0 Å². The molecule has 0 aliphatic rings. The van der Waals surface area contributed by atoms with Crippen LogP contribution in [0.25, 0.3) is 0 Å². The molecule has 0 aliphatic heterocycles. The first-order valence-corrected chi connectivity index (χ1v) is 7.85. The largest absolute Gasteiger partial charge is 0.481 e. The van der Waals surface area contributed by atoms with Crippen molar-refractivity contribution >= 4 is 45.0 Å². The molecule has 0 saturated carbocycles. The van der Waals surface area contributed by atoms with Gasteiger partial charge in [0.1, 0.15) is 0 Å². The van der Waals surface area contributed by atoms with Gasteiger partial charge in [-0.2, -0.15) is 4.98 Å². The third-order valence-electron chi connectivity index (χ3n) is 2.12. The van der Waals surface area contributed by atoms with E-state index in [1.807, 2.05) is 11.4 Å². The molecule has 100 valence electrons. The molecule has 0 atom stereocenters. The van der Waals surface area contributed by atoms with E-state index in [9.17, 15) is 9.59 Å². The number of carboxylic acid groups (broad SMARTS) is 1. The highest BCUT2D eigenvalue weighted by Crippen LogP contribution is 2.22. The number of rotatable bonds is 5. The minimum Gasteiger partial charge on any atom is -0.481 e. The van der Waals surface area contributed by atoms with Crippen molar-refractivity contribution in [2.75, 3.05) is 5.75 Å². The van der Waals surface area contributed by atoms with Gasteiger partial charge in [0.2, 0.25) is 0 Å². The molecule has 2 heterocycles. The molecule has 0 saturated heterocycles. The van der Waals surface area contributed by atoms with Crippen molar-refractivity contribution in [3.8, 4) is 0 Å². The van der Waals surface area contributed by atoms with E-state index < -0.39 is 5.97 Å². The molecule has 0 bridgehead atoms. The molecule has 19 heavy (non-hydrogen) atoms. The minimum absolute atomic E-state index is 0.120. The Morgan fingerprint density at radius 1 is 1.58 bits per heavy atom. The molecule has 2 aromatic heterocycles. The highest BCUT2D eigenvalue weighted by molar-refractivity contribution is 9.10. The maximum Gasteiger partial charge on any atom is 0.313 e. The predicted molar refractivity (Wildman–Crippen MR) is 78.0 cm³/mol. The molecule has 2 rings (SSSR count). The second-order valence-electron chi connectivity index (χ2n) is 3.59. The smallest absolute Gasteiger partial charge is 0.313 e. The lowest BCUT2D eigenvalue weighted by atomic mass is 10.4. The number of hydrogen-bond donors (Lipinski definition) is 1. The van der Waals surface area contributed by atoms with Crippen LogP contribution in [0.3, 0.4) is 0 Å². The Morgan fingerprint density at radius 3 is 3.00 bits per heavy atom. The van der Waals surface area contributed by atoms with Gasteiger partial charge in [-0.05, 0) is 22.0 Å². The second kappa shape index (κ2) is 6.36. The van der Waals surface area contributed by atoms with Crippen LogP contribution in [0.1, 0.15) is 4.88 Å². The molecule has 0 radical (unpaired) electrons. The van der Waals surface area contributed by atoms with Crippen molar-refractivity contribution in [2.45, 2.75) is 11.7 Å². The van der Waals surface area contributed by atoms with Crippen LogP contribution >= 0.6 is 39.0 Å². The molecule has 0 spiro atoms. The summed E-state index contributed by atoms with van der Waals surface area (Å²) in [6.45, 7) is 0.561. The SMILES string of the molecule is O=C(O)CSc1nc(=O)ccn1Cc1cc(Br)cs1. The fourth-order valence-corrected chi connectivity index (χ4v) is 3.53. The van der Waals surface area contributed by atoms with Crippen molar-refractivity contribution in [1.82, 2.24) is 9.55 Å². The highest BCUT2D eigenvalue weighted by atomic mass is 79.9. The van der Waals surface area contributed by atoms with Crippen molar-refractivity contribution in [3.05, 3.63) is 43.4 Å². The number of aliphatic carboxylic acids is 1. The average molecular weight is 361 g/mol. The molecule has 5 nitrogen and oxygen atoms in total. The zero-order valence-corrected chi connectivity index (χ0v) is 12.8. The predicted octanol–water partition coefficient (Wildman–Crippen LogP) is 2.29. The lowest BCUT2D eigenvalue weighted by Crippen LogP contribution is -2.14. The summed E-state index contributed by atoms with van der Waals surface area (Å²) in [5.41, 5.74) is -0.364. The Hall–Kier alpha value is -1.12. The number of hydrogen-bond acceptors (Lipinski definition) is 5. The normalized spacial score (nSPS) is 10.6. The Kier molecular flexibility index (Phi) is 4.78. The number of halogens is 1. The fraction of sp³-hybridized carbons (Fsp3) is 0.182. The number of thioether (sulfide) groups is 1. The molecule has 1 N–H and O–H groups in total. The van der Waals surface area contributed by atoms with Crippen LogP contribution in [0, 0.1) is 0 Å². The van der Waals surface area contributed by atoms with E-state index in [0.717, 1.165) is 21.1 Å². The van der Waals surface area contributed by atoms with Gasteiger partial charge < -0.3 is 9.67 Å². The molecular weight excluding hydrogens is 352 g/mol. The van der Waals surface area contributed by atoms with Gasteiger partial charge >= 0.3 is 5.97 Å². The van der Waals surface area contributed by atoms with E-state index in [0.29, 0.717) is 11.7 Å². The van der Waals surface area contributed by atoms with Crippen LogP contribution < -0.4 is 5.56 Å². The zero-order valence-electron chi connectivity index (χ0n) is 9.58. The van der Waals surface area contributed by atoms with E-state index in [-0.39, 0.29) is 11.3 Å². The topological polar surface area (TPSA) is 72.2 Å². The first-order valence-electron chi connectivity index (χ1n) is 5.19. The van der Waals surface area contributed by atoms with Gasteiger partial charge in [-0.25, -0.2) is 0 Å². The summed E-state index contributed by atoms with van der Waals surface area (Å²) in [6.07, 6.45) is 1.63. The van der Waals surface area contributed by atoms with Crippen LogP contribution in [0.2, 0.25) is 0 Å². The molecule has 0 aliphatic carbocycles. The molecule has 8 heteroatoms. The van der Waals surface area contributed by atoms with Gasteiger partial charge in [-0.1, -0.05) is 11.8 Å². The minimum atomic E-state index is -0.937. The standard InChI is InChI=1S/C11H9BrN2O3S2/c12-7-3-8(18-5-7)4-14-2-1-9(15)13-11(14)19-6-10(16)17/h1-3,5H,4,6H2,(H,16,17). The van der Waals surface area contributed by atoms with Gasteiger partial charge in [0, 0.05) is 27.0 Å². The maximum atomic E-state index is 11.3. The molecule has 0 amide bonds. The summed E-state index contributed by atoms with van der Waals surface area (Å²) >= 11 is 6.00. The summed E-state index contributed by atoms with van der Waals surface area (Å²) in [7, 11) is 0. The van der Waals surface area contributed by atoms with Crippen molar-refractivity contribution < 1.29 is 9.90 Å². The summed E-state index contributed by atoms with van der Waals surface area (Å²) in [4.78, 5) is 26.8. The molecular formula is C11H9BrN2O3S2. The Labute approximate surface area is 125 Å². The fourth-order valence-electron chi connectivity index (χ4n) is 1.38. The average Bonchev–Trinajstić information content (AvgIpc) is 2.75. The maximum absolute atomic E-state index is 11.3. The zero-order chi connectivity index (χ0) is 13.8. The van der Waals surface area contributed by atoms with Crippen LogP contribution in [0.15, 0.2) is 38.1 Å². The molecule has 0 fully saturated rings. The molecule has 0 aromatic carbocycles. The van der Waals surface area contributed by atoms with Crippen molar-refractivity contribution in [1.29, 1.82) is 0 Å². The Bertz CT molecular complexity index is 653. The molecule has 2 aromatic rings. The van der Waals surface area contributed by atoms with E-state index in [1.165, 1.54) is 6.07 Å². The van der Waals surface area contributed by atoms with Gasteiger partial charge in [0.25, 0.3) is 5.56 Å². The summed E-state index contributed by atoms with van der Waals surface area (Å²) < 4.78 is 2.77. The quantitative estimate of drug-likeness (QED) is 0.654. The first kappa shape index (κ1) is 14.3. The van der Waals surface area contributed by atoms with Gasteiger partial charge in [0.15, 0.2) is 5.16 Å². The third kappa shape index (κ3) is 4.19. The van der Waals surface area contributed by atoms with Crippen LogP contribution in [-0.2, 0) is 11.3 Å². The third-order valence-corrected chi connectivity index (χ3v) is 4.78. The van der Waals surface area contributed by atoms with Gasteiger partial charge in [-0.3, -0.25) is 9.59 Å². The van der Waals surface area contributed by atoms with Crippen molar-refractivity contribution in [3.63, 3.8) is 0 Å². The number of thiophene rings is 1. The summed E-state index contributed by atoms with van der Waals surface area (Å²) in [5, 5.41) is 11.1. The van der Waals surface area contributed by atoms with E-state index in [1.54, 1.807) is 22.1 Å². The monoisotopic (exact) mass is 360 g/mol. The van der Waals surface area contributed by atoms with E-state index in [2.05, 4.69) is 20.9 Å². The van der Waals surface area contributed by atoms with E-state index >= 15 is 0 Å². The number of carboxylic acids is 1. The number of carbonyl (C=O) groups is 1. The van der Waals surface area contributed by atoms with Crippen LogP contribution in [-0.4, -0.2) is 26.4 Å².